The van der Waals surface area contributed by atoms with Gasteiger partial charge < -0.3 is 10.2 Å². The van der Waals surface area contributed by atoms with Crippen LogP contribution in [0.25, 0.3) is 5.69 Å². The first-order valence-corrected chi connectivity index (χ1v) is 8.49. The number of alkyl halides is 3. The lowest BCUT2D eigenvalue weighted by atomic mass is 10.0. The first-order chi connectivity index (χ1) is 12.3. The molecule has 1 aliphatic rings. The highest BCUT2D eigenvalue weighted by molar-refractivity contribution is 5.95. The van der Waals surface area contributed by atoms with Crippen molar-refractivity contribution >= 4 is 18.3 Å². The minimum absolute atomic E-state index is 0. The fourth-order valence-electron chi connectivity index (χ4n) is 3.24. The van der Waals surface area contributed by atoms with E-state index in [1.807, 2.05) is 0 Å². The van der Waals surface area contributed by atoms with Gasteiger partial charge in [0.1, 0.15) is 0 Å². The molecule has 148 valence electrons. The van der Waals surface area contributed by atoms with Crippen LogP contribution in [0.1, 0.15) is 34.5 Å². The molecule has 5 nitrogen and oxygen atoms in total. The number of carbonyl (C=O) groups excluding carboxylic acids is 1. The van der Waals surface area contributed by atoms with Crippen LogP contribution in [-0.2, 0) is 6.18 Å². The molecule has 9 heteroatoms. The van der Waals surface area contributed by atoms with E-state index in [9.17, 15) is 18.0 Å². The van der Waals surface area contributed by atoms with Gasteiger partial charge in [-0.3, -0.25) is 4.79 Å². The number of hydrogen-bond donors (Lipinski definition) is 1. The molecule has 1 aromatic heterocycles. The van der Waals surface area contributed by atoms with Gasteiger partial charge in [0.15, 0.2) is 0 Å². The van der Waals surface area contributed by atoms with Crippen LogP contribution >= 0.6 is 12.4 Å². The van der Waals surface area contributed by atoms with Crippen LogP contribution in [0.4, 0.5) is 13.2 Å². The van der Waals surface area contributed by atoms with E-state index in [-0.39, 0.29) is 30.0 Å². The molecule has 1 amide bonds. The number of hydrogen-bond acceptors (Lipinski definition) is 3. The van der Waals surface area contributed by atoms with Gasteiger partial charge in [-0.05, 0) is 51.1 Å². The van der Waals surface area contributed by atoms with E-state index in [0.29, 0.717) is 11.3 Å². The Morgan fingerprint density at radius 1 is 1.30 bits per heavy atom. The number of amides is 1. The average Bonchev–Trinajstić information content (AvgIpc) is 3.02. The van der Waals surface area contributed by atoms with Crippen molar-refractivity contribution in [3.8, 4) is 5.69 Å². The van der Waals surface area contributed by atoms with E-state index < -0.39 is 11.7 Å². The summed E-state index contributed by atoms with van der Waals surface area (Å²) in [6.45, 7) is 3.42. The third-order valence-electron chi connectivity index (χ3n) is 4.84. The summed E-state index contributed by atoms with van der Waals surface area (Å²) in [5.41, 5.74) is 0.462. The van der Waals surface area contributed by atoms with Crippen molar-refractivity contribution in [2.75, 3.05) is 20.1 Å². The van der Waals surface area contributed by atoms with Crippen molar-refractivity contribution < 1.29 is 18.0 Å². The first kappa shape index (κ1) is 21.2. The zero-order valence-corrected chi connectivity index (χ0v) is 15.9. The molecule has 1 saturated heterocycles. The summed E-state index contributed by atoms with van der Waals surface area (Å²) < 4.78 is 40.2. The van der Waals surface area contributed by atoms with Gasteiger partial charge in [0.25, 0.3) is 5.91 Å². The predicted molar refractivity (Wildman–Crippen MR) is 98.5 cm³/mol. The Hall–Kier alpha value is -2.06. The molecular formula is C18H22ClF3N4O. The molecule has 0 spiro atoms. The quantitative estimate of drug-likeness (QED) is 0.855. The lowest BCUT2D eigenvalue weighted by Crippen LogP contribution is -2.44. The van der Waals surface area contributed by atoms with E-state index >= 15 is 0 Å². The van der Waals surface area contributed by atoms with E-state index in [1.165, 1.54) is 16.9 Å². The summed E-state index contributed by atoms with van der Waals surface area (Å²) in [7, 11) is 1.76. The van der Waals surface area contributed by atoms with Gasteiger partial charge in [-0.25, -0.2) is 4.68 Å². The summed E-state index contributed by atoms with van der Waals surface area (Å²) in [5.74, 6) is -0.160. The van der Waals surface area contributed by atoms with Crippen LogP contribution in [0.2, 0.25) is 0 Å². The number of piperidine rings is 1. The molecule has 0 unspecified atom stereocenters. The van der Waals surface area contributed by atoms with Gasteiger partial charge in [-0.1, -0.05) is 6.07 Å². The summed E-state index contributed by atoms with van der Waals surface area (Å²) in [4.78, 5) is 14.5. The van der Waals surface area contributed by atoms with E-state index in [4.69, 9.17) is 0 Å². The van der Waals surface area contributed by atoms with Crippen LogP contribution in [0.3, 0.4) is 0 Å². The average molecular weight is 403 g/mol. The Balaban J connectivity index is 0.00000261. The molecule has 0 saturated carbocycles. The Labute approximate surface area is 161 Å². The number of benzene rings is 1. The van der Waals surface area contributed by atoms with Gasteiger partial charge in [0, 0.05) is 13.1 Å². The third kappa shape index (κ3) is 4.44. The van der Waals surface area contributed by atoms with Crippen LogP contribution in [0.5, 0.6) is 0 Å². The minimum atomic E-state index is -4.43. The normalized spacial score (nSPS) is 15.3. The third-order valence-corrected chi connectivity index (χ3v) is 4.84. The Kier molecular flexibility index (Phi) is 6.54. The van der Waals surface area contributed by atoms with E-state index in [0.717, 1.165) is 38.1 Å². The van der Waals surface area contributed by atoms with Gasteiger partial charge in [-0.2, -0.15) is 18.3 Å². The molecule has 0 aliphatic carbocycles. The Morgan fingerprint density at radius 2 is 1.96 bits per heavy atom. The standard InChI is InChI=1S/C18H21F3N4O.ClH/c1-12-16(17(26)24(2)14-6-8-22-9-7-14)11-23-25(12)15-5-3-4-13(10-15)18(19,20)21;/h3-5,10-11,14,22H,6-9H2,1-2H3;1H. The van der Waals surface area contributed by atoms with Gasteiger partial charge >= 0.3 is 6.18 Å². The second-order valence-corrected chi connectivity index (χ2v) is 6.50. The van der Waals surface area contributed by atoms with Crippen molar-refractivity contribution in [3.63, 3.8) is 0 Å². The van der Waals surface area contributed by atoms with Crippen LogP contribution in [0.15, 0.2) is 30.5 Å². The summed E-state index contributed by atoms with van der Waals surface area (Å²) in [6, 6.07) is 5.08. The fourth-order valence-corrected chi connectivity index (χ4v) is 3.24. The topological polar surface area (TPSA) is 50.2 Å². The first-order valence-electron chi connectivity index (χ1n) is 8.49. The highest BCUT2D eigenvalue weighted by Gasteiger charge is 2.31. The summed E-state index contributed by atoms with van der Waals surface area (Å²) >= 11 is 0. The molecule has 3 rings (SSSR count). The van der Waals surface area contributed by atoms with Crippen LogP contribution in [0, 0.1) is 6.92 Å². The Morgan fingerprint density at radius 3 is 2.59 bits per heavy atom. The number of nitrogens with one attached hydrogen (secondary N) is 1. The highest BCUT2D eigenvalue weighted by atomic mass is 35.5. The predicted octanol–water partition coefficient (Wildman–Crippen LogP) is 3.45. The Bertz CT molecular complexity index is 800. The monoisotopic (exact) mass is 402 g/mol. The smallest absolute Gasteiger partial charge is 0.339 e. The lowest BCUT2D eigenvalue weighted by Gasteiger charge is -2.31. The highest BCUT2D eigenvalue weighted by Crippen LogP contribution is 2.30. The molecule has 0 atom stereocenters. The van der Waals surface area contributed by atoms with Crippen molar-refractivity contribution in [2.24, 2.45) is 0 Å². The van der Waals surface area contributed by atoms with Gasteiger partial charge in [-0.15, -0.1) is 12.4 Å². The molecule has 1 aliphatic heterocycles. The second-order valence-electron chi connectivity index (χ2n) is 6.50. The zero-order valence-electron chi connectivity index (χ0n) is 15.1. The van der Waals surface area contributed by atoms with Crippen molar-refractivity contribution in [1.29, 1.82) is 0 Å². The molecule has 0 radical (unpaired) electrons. The molecule has 2 aromatic rings. The van der Waals surface area contributed by atoms with Crippen molar-refractivity contribution in [2.45, 2.75) is 32.0 Å². The van der Waals surface area contributed by atoms with Crippen molar-refractivity contribution in [3.05, 3.63) is 47.3 Å². The zero-order chi connectivity index (χ0) is 18.9. The van der Waals surface area contributed by atoms with Gasteiger partial charge in [0.05, 0.1) is 28.7 Å². The fraction of sp³-hybridized carbons (Fsp3) is 0.444. The molecule has 0 bridgehead atoms. The number of nitrogens with zero attached hydrogens (tertiary/aromatic N) is 3. The second kappa shape index (κ2) is 8.31. The van der Waals surface area contributed by atoms with Crippen LogP contribution in [-0.4, -0.2) is 46.8 Å². The van der Waals surface area contributed by atoms with Crippen molar-refractivity contribution in [1.82, 2.24) is 20.0 Å². The number of carbonyl (C=O) groups is 1. The summed E-state index contributed by atoms with van der Waals surface area (Å²) in [6.07, 6.45) is -1.24. The minimum Gasteiger partial charge on any atom is -0.339 e. The van der Waals surface area contributed by atoms with Gasteiger partial charge in [0.2, 0.25) is 0 Å². The number of rotatable bonds is 3. The molecule has 1 N–H and O–H groups in total. The van der Waals surface area contributed by atoms with E-state index in [2.05, 4.69) is 10.4 Å². The largest absolute Gasteiger partial charge is 0.416 e. The maximum Gasteiger partial charge on any atom is 0.416 e. The molecule has 1 fully saturated rings. The maximum absolute atomic E-state index is 12.9. The molecular weight excluding hydrogens is 381 g/mol. The number of halogens is 4. The SMILES string of the molecule is Cc1c(C(=O)N(C)C2CCNCC2)cnn1-c1cccc(C(F)(F)F)c1.Cl. The number of aromatic nitrogens is 2. The van der Waals surface area contributed by atoms with Crippen LogP contribution < -0.4 is 5.32 Å². The lowest BCUT2D eigenvalue weighted by molar-refractivity contribution is -0.137. The van der Waals surface area contributed by atoms with E-state index in [1.54, 1.807) is 24.9 Å². The molecule has 27 heavy (non-hydrogen) atoms. The molecule has 1 aromatic carbocycles. The molecule has 2 heterocycles. The maximum atomic E-state index is 12.9. The summed E-state index contributed by atoms with van der Waals surface area (Å²) in [5, 5.41) is 7.40.